The van der Waals surface area contributed by atoms with Crippen LogP contribution in [0.4, 0.5) is 17.6 Å². The number of aryl methyl sites for hydroxylation is 1. The number of carbonyl (C=O) groups excluding carboxylic acids is 2. The minimum absolute atomic E-state index is 0.0310. The van der Waals surface area contributed by atoms with Crippen molar-refractivity contribution < 1.29 is 36.7 Å². The van der Waals surface area contributed by atoms with Gasteiger partial charge in [-0.1, -0.05) is 0 Å². The highest BCUT2D eigenvalue weighted by Gasteiger charge is 2.56. The van der Waals surface area contributed by atoms with Crippen molar-refractivity contribution in [2.75, 3.05) is 13.1 Å². The molecule has 1 aromatic carbocycles. The highest BCUT2D eigenvalue weighted by Crippen LogP contribution is 2.40. The zero-order valence-electron chi connectivity index (χ0n) is 17.6. The van der Waals surface area contributed by atoms with Gasteiger partial charge in [-0.15, -0.1) is 0 Å². The van der Waals surface area contributed by atoms with E-state index in [1.54, 1.807) is 0 Å². The maximum Gasteiger partial charge on any atom is 0.497 e. The average Bonchev–Trinajstić information content (AvgIpc) is 3.12. The molecule has 1 unspecified atom stereocenters. The third kappa shape index (κ3) is 4.15. The van der Waals surface area contributed by atoms with E-state index in [9.17, 15) is 27.2 Å². The third-order valence-electron chi connectivity index (χ3n) is 5.38. The number of hydrogen-bond donors (Lipinski definition) is 2. The minimum Gasteiger partial charge on any atom is -0.361 e. The van der Waals surface area contributed by atoms with E-state index in [2.05, 4.69) is 15.1 Å². The molecule has 0 saturated carbocycles. The summed E-state index contributed by atoms with van der Waals surface area (Å²) in [7, 11) is 0. The van der Waals surface area contributed by atoms with E-state index < -0.39 is 28.6 Å². The van der Waals surface area contributed by atoms with Crippen molar-refractivity contribution >= 4 is 17.6 Å². The maximum atomic E-state index is 13.3. The topological polar surface area (TPSA) is 134 Å². The number of allylic oxidation sites excluding steroid dienone is 1. The van der Waals surface area contributed by atoms with Gasteiger partial charge in [-0.3, -0.25) is 4.79 Å². The molecule has 1 aromatic heterocycles. The molecule has 0 radical (unpaired) electrons. The number of hydrogen-bond acceptors (Lipinski definition) is 7. The van der Waals surface area contributed by atoms with Gasteiger partial charge in [0.25, 0.3) is 5.70 Å². The van der Waals surface area contributed by atoms with Crippen molar-refractivity contribution in [3.63, 3.8) is 0 Å². The summed E-state index contributed by atoms with van der Waals surface area (Å²) in [5.74, 6) is -3.85. The van der Waals surface area contributed by atoms with Gasteiger partial charge in [-0.25, -0.2) is 24.0 Å². The highest BCUT2D eigenvalue weighted by molar-refractivity contribution is 6.17. The van der Waals surface area contributed by atoms with Crippen LogP contribution >= 0.6 is 0 Å². The van der Waals surface area contributed by atoms with Crippen molar-refractivity contribution in [1.82, 2.24) is 9.97 Å². The van der Waals surface area contributed by atoms with Crippen LogP contribution in [0.2, 0.25) is 0 Å². The summed E-state index contributed by atoms with van der Waals surface area (Å²) in [5.41, 5.74) is 12.3. The fourth-order valence-corrected chi connectivity index (χ4v) is 3.90. The smallest absolute Gasteiger partial charge is 0.361 e. The van der Waals surface area contributed by atoms with E-state index in [4.69, 9.17) is 16.3 Å². The van der Waals surface area contributed by atoms with Crippen molar-refractivity contribution in [2.45, 2.75) is 25.4 Å². The summed E-state index contributed by atoms with van der Waals surface area (Å²) in [6.45, 7) is -0.307. The molecule has 0 bridgehead atoms. The summed E-state index contributed by atoms with van der Waals surface area (Å²) in [5, 5.41) is 4.26. The molecule has 2 heterocycles. The minimum atomic E-state index is -5.33. The summed E-state index contributed by atoms with van der Waals surface area (Å²) in [4.78, 5) is 37.7. The van der Waals surface area contributed by atoms with Crippen LogP contribution in [0.15, 0.2) is 46.8 Å². The predicted octanol–water partition coefficient (Wildman–Crippen LogP) is 1.87. The fraction of sp³-hybridized carbons (Fsp3) is 0.286. The van der Waals surface area contributed by atoms with Crippen LogP contribution < -0.4 is 11.5 Å². The van der Waals surface area contributed by atoms with Gasteiger partial charge in [0.05, 0.1) is 5.57 Å². The van der Waals surface area contributed by atoms with Crippen LogP contribution in [0.1, 0.15) is 24.1 Å². The standard InChI is InChI=1S/C21H18F4N6O3/c22-13-5-2-11(3-6-13)19-28-10-12-4-7-14-16(15(12)29-19)30-31(9-1-8-26,17(14)18(27)32)34-20(33)21(23,24)25/h2-3,5-6,10H,1,4,7-9,26H2,(H-,27,32)/p+1. The second kappa shape index (κ2) is 8.57. The number of benzene rings is 1. The van der Waals surface area contributed by atoms with Gasteiger partial charge in [-0.2, -0.15) is 13.2 Å². The van der Waals surface area contributed by atoms with Gasteiger partial charge >= 0.3 is 18.1 Å². The number of nitrogens with zero attached hydrogens (tertiary/aromatic N) is 4. The van der Waals surface area contributed by atoms with E-state index in [1.165, 1.54) is 30.5 Å². The number of aromatic nitrogens is 2. The first-order chi connectivity index (χ1) is 16.1. The van der Waals surface area contributed by atoms with Crippen LogP contribution in [0.5, 0.6) is 0 Å². The molecule has 1 atom stereocenters. The predicted molar refractivity (Wildman–Crippen MR) is 109 cm³/mol. The first-order valence-electron chi connectivity index (χ1n) is 10.2. The second-order valence-electron chi connectivity index (χ2n) is 7.66. The summed E-state index contributed by atoms with van der Waals surface area (Å²) < 4.78 is 51.1. The lowest BCUT2D eigenvalue weighted by Gasteiger charge is -2.26. The van der Waals surface area contributed by atoms with Gasteiger partial charge in [0.1, 0.15) is 11.5 Å². The number of amides is 1. The molecule has 1 aliphatic carbocycles. The highest BCUT2D eigenvalue weighted by atomic mass is 19.4. The number of quaternary nitrogens is 1. The quantitative estimate of drug-likeness (QED) is 0.480. The summed E-state index contributed by atoms with van der Waals surface area (Å²) in [6.07, 6.45) is -3.20. The molecule has 4 N–H and O–H groups in total. The maximum absolute atomic E-state index is 13.3. The zero-order valence-corrected chi connectivity index (χ0v) is 17.6. The first-order valence-corrected chi connectivity index (χ1v) is 10.2. The summed E-state index contributed by atoms with van der Waals surface area (Å²) >= 11 is 0. The molecule has 0 fully saturated rings. The average molecular weight is 479 g/mol. The molecule has 9 nitrogen and oxygen atoms in total. The number of fused-ring (bicyclic) bond motifs is 3. The third-order valence-corrected chi connectivity index (χ3v) is 5.38. The van der Waals surface area contributed by atoms with Gasteiger partial charge in [0, 0.05) is 22.9 Å². The molecule has 1 aliphatic heterocycles. The zero-order chi connectivity index (χ0) is 24.7. The van der Waals surface area contributed by atoms with E-state index in [1.807, 2.05) is 0 Å². The van der Waals surface area contributed by atoms with Gasteiger partial charge < -0.3 is 11.5 Å². The Balaban J connectivity index is 1.87. The van der Waals surface area contributed by atoms with Gasteiger partial charge in [-0.05, 0) is 54.3 Å². The Morgan fingerprint density at radius 1 is 1.15 bits per heavy atom. The Bertz CT molecular complexity index is 1230. The molecule has 13 heteroatoms. The molecule has 0 saturated heterocycles. The molecule has 2 aliphatic rings. The molecule has 0 spiro atoms. The Hall–Kier alpha value is -3.71. The van der Waals surface area contributed by atoms with Gasteiger partial charge in [0.15, 0.2) is 18.1 Å². The number of rotatable bonds is 6. The number of nitrogens with two attached hydrogens (primary N) is 2. The SMILES string of the molecule is NCCC[N+]1(OC(=O)C(F)(F)F)N=C2C(=C1C(N)=O)CCc1cnc(-c3ccc(F)cc3)nc12. The van der Waals surface area contributed by atoms with E-state index in [0.29, 0.717) is 17.5 Å². The largest absolute Gasteiger partial charge is 0.497 e. The van der Waals surface area contributed by atoms with Crippen molar-refractivity contribution in [3.05, 3.63) is 58.8 Å². The number of alkyl halides is 3. The number of carbonyl (C=O) groups is 2. The molecule has 1 amide bonds. The van der Waals surface area contributed by atoms with Crippen LogP contribution in [0, 0.1) is 5.82 Å². The lowest BCUT2D eigenvalue weighted by Crippen LogP contribution is -2.49. The fourth-order valence-electron chi connectivity index (χ4n) is 3.90. The van der Waals surface area contributed by atoms with Crippen molar-refractivity contribution in [1.29, 1.82) is 0 Å². The normalized spacial score (nSPS) is 19.4. The van der Waals surface area contributed by atoms with E-state index in [-0.39, 0.29) is 54.4 Å². The van der Waals surface area contributed by atoms with Crippen molar-refractivity contribution in [2.24, 2.45) is 16.6 Å². The Morgan fingerprint density at radius 3 is 2.47 bits per heavy atom. The van der Waals surface area contributed by atoms with Crippen molar-refractivity contribution in [3.8, 4) is 11.4 Å². The molecular formula is C21H19F4N6O3+. The number of halogens is 4. The lowest BCUT2D eigenvalue weighted by molar-refractivity contribution is -1.06. The first kappa shape index (κ1) is 23.4. The monoisotopic (exact) mass is 479 g/mol. The molecule has 34 heavy (non-hydrogen) atoms. The van der Waals surface area contributed by atoms with Crippen LogP contribution in [-0.2, 0) is 20.8 Å². The van der Waals surface area contributed by atoms with Crippen LogP contribution in [-0.4, -0.2) is 51.6 Å². The lowest BCUT2D eigenvalue weighted by atomic mass is 9.89. The Labute approximate surface area is 190 Å². The summed E-state index contributed by atoms with van der Waals surface area (Å²) in [6, 6.07) is 5.39. The number of primary amides is 1. The van der Waals surface area contributed by atoms with E-state index in [0.717, 1.165) is 0 Å². The molecule has 2 aromatic rings. The van der Waals surface area contributed by atoms with Gasteiger partial charge in [0.2, 0.25) is 0 Å². The Kier molecular flexibility index (Phi) is 5.91. The molecule has 4 rings (SSSR count). The van der Waals surface area contributed by atoms with Crippen LogP contribution in [0.25, 0.3) is 11.4 Å². The second-order valence-corrected chi connectivity index (χ2v) is 7.66. The molecular weight excluding hydrogens is 460 g/mol. The number of hydroxylamine groups is 2. The molecule has 178 valence electrons. The Morgan fingerprint density at radius 2 is 1.85 bits per heavy atom. The van der Waals surface area contributed by atoms with Crippen LogP contribution in [0.3, 0.4) is 0 Å². The van der Waals surface area contributed by atoms with E-state index >= 15 is 0 Å².